The minimum Gasteiger partial charge on any atom is -0.352 e. The molecule has 2 aromatic rings. The molecule has 1 aromatic heterocycles. The summed E-state index contributed by atoms with van der Waals surface area (Å²) in [5.74, 6) is 0.652. The molecule has 1 aliphatic rings. The summed E-state index contributed by atoms with van der Waals surface area (Å²) in [6.07, 6.45) is 1.61. The summed E-state index contributed by atoms with van der Waals surface area (Å²) in [6.45, 7) is 2.12. The van der Waals surface area contributed by atoms with E-state index >= 15 is 0 Å². The number of carbonyl (C=O) groups excluding carboxylic acids is 1. The zero-order chi connectivity index (χ0) is 11.3. The molecule has 1 aromatic carbocycles. The Balaban J connectivity index is 2.31. The quantitative estimate of drug-likeness (QED) is 0.741. The normalized spacial score (nSPS) is 20.1. The third-order valence-corrected chi connectivity index (χ3v) is 3.47. The lowest BCUT2D eigenvalue weighted by Crippen LogP contribution is -2.17. The highest BCUT2D eigenvalue weighted by Crippen LogP contribution is 2.32. The second-order valence-corrected chi connectivity index (χ2v) is 5.04. The number of rotatable bonds is 0. The van der Waals surface area contributed by atoms with Crippen LogP contribution in [0.3, 0.4) is 0 Å². The van der Waals surface area contributed by atoms with Crippen LogP contribution in [-0.2, 0) is 6.42 Å². The van der Waals surface area contributed by atoms with Gasteiger partial charge in [-0.05, 0) is 36.1 Å². The number of aromatic nitrogens is 1. The number of aromatic amines is 1. The van der Waals surface area contributed by atoms with Gasteiger partial charge < -0.3 is 4.98 Å². The number of hydrogen-bond acceptors (Lipinski definition) is 1. The van der Waals surface area contributed by atoms with Crippen LogP contribution in [0.5, 0.6) is 0 Å². The second kappa shape index (κ2) is 3.36. The van der Waals surface area contributed by atoms with E-state index in [1.165, 1.54) is 0 Å². The molecule has 0 aliphatic heterocycles. The fourth-order valence-electron chi connectivity index (χ4n) is 2.51. The van der Waals surface area contributed by atoms with Crippen molar-refractivity contribution >= 4 is 28.3 Å². The van der Waals surface area contributed by atoms with E-state index in [1.807, 2.05) is 18.2 Å². The third kappa shape index (κ3) is 1.37. The lowest BCUT2D eigenvalue weighted by Gasteiger charge is -2.16. The molecule has 0 amide bonds. The van der Waals surface area contributed by atoms with Crippen molar-refractivity contribution in [1.82, 2.24) is 4.98 Å². The highest BCUT2D eigenvalue weighted by Gasteiger charge is 2.25. The Morgan fingerprint density at radius 1 is 1.38 bits per heavy atom. The molecule has 1 aliphatic carbocycles. The number of hydrogen-bond donors (Lipinski definition) is 1. The van der Waals surface area contributed by atoms with Crippen molar-refractivity contribution in [2.24, 2.45) is 5.92 Å². The van der Waals surface area contributed by atoms with Crippen LogP contribution in [-0.4, -0.2) is 10.8 Å². The maximum absolute atomic E-state index is 11.9. The average molecular weight is 234 g/mol. The van der Waals surface area contributed by atoms with Crippen molar-refractivity contribution in [3.63, 3.8) is 0 Å². The van der Waals surface area contributed by atoms with Crippen molar-refractivity contribution < 1.29 is 4.79 Å². The Morgan fingerprint density at radius 2 is 2.19 bits per heavy atom. The molecule has 16 heavy (non-hydrogen) atoms. The Labute approximate surface area is 98.6 Å². The van der Waals surface area contributed by atoms with Crippen LogP contribution in [0.1, 0.15) is 29.4 Å². The number of fused-ring (bicyclic) bond motifs is 3. The number of ketones is 1. The molecule has 1 N–H and O–H groups in total. The van der Waals surface area contributed by atoms with E-state index in [1.54, 1.807) is 0 Å². The predicted molar refractivity (Wildman–Crippen MR) is 65.1 cm³/mol. The lowest BCUT2D eigenvalue weighted by molar-refractivity contribution is 0.0949. The van der Waals surface area contributed by atoms with Gasteiger partial charge in [0.05, 0.1) is 5.69 Å². The summed E-state index contributed by atoms with van der Waals surface area (Å²) >= 11 is 5.99. The summed E-state index contributed by atoms with van der Waals surface area (Å²) in [6, 6.07) is 5.73. The van der Waals surface area contributed by atoms with Crippen LogP contribution in [0, 0.1) is 5.92 Å². The minimum atomic E-state index is 0.223. The van der Waals surface area contributed by atoms with Gasteiger partial charge in [0.15, 0.2) is 5.78 Å². The third-order valence-electron chi connectivity index (χ3n) is 3.23. The van der Waals surface area contributed by atoms with E-state index < -0.39 is 0 Å². The first-order valence-corrected chi connectivity index (χ1v) is 5.86. The molecule has 3 heteroatoms. The van der Waals surface area contributed by atoms with Crippen LogP contribution in [0.4, 0.5) is 0 Å². The summed E-state index contributed by atoms with van der Waals surface area (Å²) in [5.41, 5.74) is 2.94. The molecule has 0 saturated heterocycles. The molecule has 0 spiro atoms. The average Bonchev–Trinajstić information content (AvgIpc) is 2.57. The summed E-state index contributed by atoms with van der Waals surface area (Å²) in [5, 5.41) is 1.82. The van der Waals surface area contributed by atoms with E-state index in [4.69, 9.17) is 11.6 Å². The molecule has 3 rings (SSSR count). The SMILES string of the molecule is CC1CC(=O)c2[nH]c3ccc(Cl)cc3c2C1. The lowest BCUT2D eigenvalue weighted by atomic mass is 9.87. The minimum absolute atomic E-state index is 0.223. The van der Waals surface area contributed by atoms with E-state index in [0.29, 0.717) is 12.3 Å². The van der Waals surface area contributed by atoms with E-state index in [0.717, 1.165) is 33.6 Å². The number of carbonyl (C=O) groups is 1. The van der Waals surface area contributed by atoms with Crippen LogP contribution in [0.2, 0.25) is 5.02 Å². The monoisotopic (exact) mass is 233 g/mol. The van der Waals surface area contributed by atoms with Gasteiger partial charge in [0.25, 0.3) is 0 Å². The summed E-state index contributed by atoms with van der Waals surface area (Å²) in [4.78, 5) is 15.1. The van der Waals surface area contributed by atoms with Crippen molar-refractivity contribution in [3.8, 4) is 0 Å². The summed E-state index contributed by atoms with van der Waals surface area (Å²) < 4.78 is 0. The fourth-order valence-corrected chi connectivity index (χ4v) is 2.68. The number of halogens is 1. The largest absolute Gasteiger partial charge is 0.352 e. The highest BCUT2D eigenvalue weighted by atomic mass is 35.5. The van der Waals surface area contributed by atoms with Crippen LogP contribution in [0.15, 0.2) is 18.2 Å². The maximum Gasteiger partial charge on any atom is 0.179 e. The van der Waals surface area contributed by atoms with Gasteiger partial charge in [0.1, 0.15) is 0 Å². The molecule has 1 atom stereocenters. The Bertz CT molecular complexity index is 585. The molecule has 0 saturated carbocycles. The highest BCUT2D eigenvalue weighted by molar-refractivity contribution is 6.31. The molecular weight excluding hydrogens is 222 g/mol. The number of Topliss-reactive ketones (excluding diaryl/α,β-unsaturated/α-hetero) is 1. The zero-order valence-corrected chi connectivity index (χ0v) is 9.77. The van der Waals surface area contributed by atoms with Gasteiger partial charge in [-0.1, -0.05) is 18.5 Å². The predicted octanol–water partition coefficient (Wildman–Crippen LogP) is 3.59. The molecular formula is C13H12ClNO. The topological polar surface area (TPSA) is 32.9 Å². The van der Waals surface area contributed by atoms with E-state index in [-0.39, 0.29) is 5.78 Å². The molecule has 82 valence electrons. The Hall–Kier alpha value is -1.28. The standard InChI is InChI=1S/C13H12ClNO/c1-7-4-10-9-6-8(14)2-3-11(9)15-13(10)12(16)5-7/h2-3,6-7,15H,4-5H2,1H3. The summed E-state index contributed by atoms with van der Waals surface area (Å²) in [7, 11) is 0. The van der Waals surface area contributed by atoms with Gasteiger partial charge in [-0.3, -0.25) is 4.79 Å². The molecule has 0 bridgehead atoms. The number of benzene rings is 1. The molecule has 0 radical (unpaired) electrons. The maximum atomic E-state index is 11.9. The van der Waals surface area contributed by atoms with Crippen LogP contribution < -0.4 is 0 Å². The van der Waals surface area contributed by atoms with Gasteiger partial charge in [-0.25, -0.2) is 0 Å². The van der Waals surface area contributed by atoms with E-state index in [9.17, 15) is 4.79 Å². The molecule has 0 fully saturated rings. The molecule has 1 unspecified atom stereocenters. The van der Waals surface area contributed by atoms with Crippen LogP contribution >= 0.6 is 11.6 Å². The zero-order valence-electron chi connectivity index (χ0n) is 9.01. The van der Waals surface area contributed by atoms with Gasteiger partial charge in [-0.2, -0.15) is 0 Å². The first-order chi connectivity index (χ1) is 7.65. The first kappa shape index (κ1) is 9.91. The molecule has 1 heterocycles. The van der Waals surface area contributed by atoms with Crippen LogP contribution in [0.25, 0.3) is 10.9 Å². The number of H-pyrrole nitrogens is 1. The fraction of sp³-hybridized carbons (Fsp3) is 0.308. The van der Waals surface area contributed by atoms with Gasteiger partial charge in [0.2, 0.25) is 0 Å². The number of nitrogens with one attached hydrogen (secondary N) is 1. The van der Waals surface area contributed by atoms with Crippen molar-refractivity contribution in [2.45, 2.75) is 19.8 Å². The Morgan fingerprint density at radius 3 is 3.00 bits per heavy atom. The van der Waals surface area contributed by atoms with Crippen molar-refractivity contribution in [3.05, 3.63) is 34.5 Å². The first-order valence-electron chi connectivity index (χ1n) is 5.48. The van der Waals surface area contributed by atoms with Crippen molar-refractivity contribution in [2.75, 3.05) is 0 Å². The smallest absolute Gasteiger partial charge is 0.179 e. The Kier molecular flexibility index (Phi) is 2.08. The van der Waals surface area contributed by atoms with Gasteiger partial charge >= 0.3 is 0 Å². The second-order valence-electron chi connectivity index (χ2n) is 4.61. The van der Waals surface area contributed by atoms with Crippen molar-refractivity contribution in [1.29, 1.82) is 0 Å². The molecule has 2 nitrogen and oxygen atoms in total. The van der Waals surface area contributed by atoms with E-state index in [2.05, 4.69) is 11.9 Å². The van der Waals surface area contributed by atoms with Gasteiger partial charge in [-0.15, -0.1) is 0 Å². The van der Waals surface area contributed by atoms with Gasteiger partial charge in [0, 0.05) is 22.3 Å².